The second-order valence-corrected chi connectivity index (χ2v) is 10.2. The maximum absolute atomic E-state index is 14.0. The molecule has 5 nitrogen and oxygen atoms in total. The van der Waals surface area contributed by atoms with Crippen LogP contribution < -0.4 is 16.0 Å². The molecule has 1 heterocycles. The summed E-state index contributed by atoms with van der Waals surface area (Å²) in [6.07, 6.45) is 1.90. The van der Waals surface area contributed by atoms with Crippen molar-refractivity contribution in [1.29, 1.82) is 0 Å². The first-order valence-electron chi connectivity index (χ1n) is 13.2. The Hall–Kier alpha value is -4.45. The first kappa shape index (κ1) is 26.2. The van der Waals surface area contributed by atoms with Gasteiger partial charge < -0.3 is 16.0 Å². The minimum atomic E-state index is -0.439. The monoisotopic (exact) mass is 521 g/mol. The summed E-state index contributed by atoms with van der Waals surface area (Å²) in [6.45, 7) is 5.23. The summed E-state index contributed by atoms with van der Waals surface area (Å²) in [6, 6.07) is 26.3. The third-order valence-corrected chi connectivity index (χ3v) is 7.46. The van der Waals surface area contributed by atoms with Gasteiger partial charge in [0.15, 0.2) is 0 Å². The van der Waals surface area contributed by atoms with Crippen LogP contribution in [0.1, 0.15) is 62.4 Å². The highest BCUT2D eigenvalue weighted by Crippen LogP contribution is 2.32. The van der Waals surface area contributed by atoms with E-state index in [1.54, 1.807) is 25.1 Å². The molecule has 0 aromatic heterocycles. The first-order valence-corrected chi connectivity index (χ1v) is 13.2. The van der Waals surface area contributed by atoms with Gasteiger partial charge in [0.05, 0.1) is 6.04 Å². The van der Waals surface area contributed by atoms with E-state index in [0.717, 1.165) is 53.9 Å². The number of carbonyl (C=O) groups excluding carboxylic acids is 2. The topological polar surface area (TPSA) is 75.4 Å². The zero-order chi connectivity index (χ0) is 27.5. The normalized spacial score (nSPS) is 13.5. The maximum Gasteiger partial charge on any atom is 0.251 e. The molecule has 0 spiro atoms. The summed E-state index contributed by atoms with van der Waals surface area (Å²) in [5.41, 5.74) is 13.4. The number of nitrogens with one attached hydrogen (secondary N) is 1. The van der Waals surface area contributed by atoms with Crippen molar-refractivity contribution in [2.45, 2.75) is 39.3 Å². The standard InChI is InChI=1S/C33H32FN3O2/c1-21-9-10-25(19-30(21)34)22(2)36-33(39)27-15-16-31-26(18-27)7-5-17-37(31)20-28-6-3-4-8-29(28)23-11-13-24(14-12-23)32(35)38/h3-4,6,8-16,18-19,22H,5,7,17,20H2,1-2H3,(H2,35,38)(H,36,39)/t22-/m0/s1. The summed E-state index contributed by atoms with van der Waals surface area (Å²) in [5.74, 6) is -0.883. The first-order chi connectivity index (χ1) is 18.8. The fourth-order valence-electron chi connectivity index (χ4n) is 5.18. The molecule has 1 atom stereocenters. The molecule has 4 aromatic rings. The second kappa shape index (κ2) is 11.1. The van der Waals surface area contributed by atoms with Crippen LogP contribution in [0.15, 0.2) is 84.9 Å². The van der Waals surface area contributed by atoms with Gasteiger partial charge in [0.2, 0.25) is 5.91 Å². The van der Waals surface area contributed by atoms with Crippen LogP contribution in [0.4, 0.5) is 10.1 Å². The van der Waals surface area contributed by atoms with Crippen molar-refractivity contribution in [3.63, 3.8) is 0 Å². The van der Waals surface area contributed by atoms with E-state index in [2.05, 4.69) is 22.3 Å². The Balaban J connectivity index is 1.34. The molecule has 0 unspecified atom stereocenters. The van der Waals surface area contributed by atoms with E-state index in [1.807, 2.05) is 55.5 Å². The molecule has 0 aliphatic carbocycles. The number of nitrogens with two attached hydrogens (primary N) is 1. The average molecular weight is 522 g/mol. The Labute approximate surface area is 228 Å². The zero-order valence-corrected chi connectivity index (χ0v) is 22.2. The van der Waals surface area contributed by atoms with Gasteiger partial charge in [-0.25, -0.2) is 4.39 Å². The van der Waals surface area contributed by atoms with Gasteiger partial charge >= 0.3 is 0 Å². The summed E-state index contributed by atoms with van der Waals surface area (Å²) < 4.78 is 14.0. The van der Waals surface area contributed by atoms with Gasteiger partial charge in [-0.2, -0.15) is 0 Å². The molecule has 0 radical (unpaired) electrons. The van der Waals surface area contributed by atoms with E-state index in [4.69, 9.17) is 5.73 Å². The molecule has 0 saturated heterocycles. The lowest BCUT2D eigenvalue weighted by Crippen LogP contribution is -2.30. The number of aryl methyl sites for hydroxylation is 2. The van der Waals surface area contributed by atoms with Crippen LogP contribution >= 0.6 is 0 Å². The number of benzene rings is 4. The van der Waals surface area contributed by atoms with Crippen molar-refractivity contribution >= 4 is 17.5 Å². The van der Waals surface area contributed by atoms with E-state index < -0.39 is 5.91 Å². The number of primary amides is 1. The smallest absolute Gasteiger partial charge is 0.251 e. The molecule has 3 N–H and O–H groups in total. The highest BCUT2D eigenvalue weighted by Gasteiger charge is 2.21. The van der Waals surface area contributed by atoms with E-state index in [1.165, 1.54) is 11.6 Å². The number of hydrogen-bond donors (Lipinski definition) is 2. The van der Waals surface area contributed by atoms with Crippen LogP contribution in [-0.4, -0.2) is 18.4 Å². The summed E-state index contributed by atoms with van der Waals surface area (Å²) >= 11 is 0. The van der Waals surface area contributed by atoms with E-state index in [-0.39, 0.29) is 17.8 Å². The predicted octanol–water partition coefficient (Wildman–Crippen LogP) is 6.34. The molecular weight excluding hydrogens is 489 g/mol. The summed E-state index contributed by atoms with van der Waals surface area (Å²) in [5, 5.41) is 3.01. The molecule has 1 aliphatic rings. The van der Waals surface area contributed by atoms with Crippen molar-refractivity contribution in [3.8, 4) is 11.1 Å². The Morgan fingerprint density at radius 1 is 0.974 bits per heavy atom. The predicted molar refractivity (Wildman–Crippen MR) is 153 cm³/mol. The lowest BCUT2D eigenvalue weighted by molar-refractivity contribution is 0.0938. The number of carbonyl (C=O) groups is 2. The highest BCUT2D eigenvalue weighted by atomic mass is 19.1. The fourth-order valence-corrected chi connectivity index (χ4v) is 5.18. The minimum Gasteiger partial charge on any atom is -0.367 e. The Morgan fingerprint density at radius 2 is 1.72 bits per heavy atom. The van der Waals surface area contributed by atoms with Gasteiger partial charge in [0.25, 0.3) is 5.91 Å². The lowest BCUT2D eigenvalue weighted by Gasteiger charge is -2.32. The number of rotatable bonds is 7. The van der Waals surface area contributed by atoms with Crippen molar-refractivity contribution in [3.05, 3.63) is 124 Å². The van der Waals surface area contributed by atoms with Gasteiger partial charge in [-0.05, 0) is 96.5 Å². The molecule has 2 amide bonds. The summed E-state index contributed by atoms with van der Waals surface area (Å²) in [7, 11) is 0. The lowest BCUT2D eigenvalue weighted by atomic mass is 9.95. The molecule has 0 bridgehead atoms. The number of amides is 2. The third kappa shape index (κ3) is 5.70. The molecule has 0 fully saturated rings. The SMILES string of the molecule is Cc1ccc([C@H](C)NC(=O)c2ccc3c(c2)CCCN3Cc2ccccc2-c2ccc(C(N)=O)cc2)cc1F. The molecule has 39 heavy (non-hydrogen) atoms. The number of anilines is 1. The van der Waals surface area contributed by atoms with Gasteiger partial charge in [-0.3, -0.25) is 9.59 Å². The fraction of sp³-hybridized carbons (Fsp3) is 0.212. The van der Waals surface area contributed by atoms with Crippen LogP contribution in [0.3, 0.4) is 0 Å². The molecule has 198 valence electrons. The number of fused-ring (bicyclic) bond motifs is 1. The summed E-state index contributed by atoms with van der Waals surface area (Å²) in [4.78, 5) is 26.9. The Kier molecular flexibility index (Phi) is 7.46. The van der Waals surface area contributed by atoms with Crippen molar-refractivity contribution < 1.29 is 14.0 Å². The van der Waals surface area contributed by atoms with Gasteiger partial charge in [0.1, 0.15) is 5.82 Å². The van der Waals surface area contributed by atoms with Crippen molar-refractivity contribution in [2.75, 3.05) is 11.4 Å². The largest absolute Gasteiger partial charge is 0.367 e. The molecule has 4 aromatic carbocycles. The molecular formula is C33H32FN3O2. The van der Waals surface area contributed by atoms with Crippen LogP contribution in [-0.2, 0) is 13.0 Å². The highest BCUT2D eigenvalue weighted by molar-refractivity contribution is 5.95. The van der Waals surface area contributed by atoms with Crippen LogP contribution in [0.2, 0.25) is 0 Å². The van der Waals surface area contributed by atoms with Crippen molar-refractivity contribution in [2.24, 2.45) is 5.73 Å². The molecule has 5 rings (SSSR count). The average Bonchev–Trinajstić information content (AvgIpc) is 2.94. The Morgan fingerprint density at radius 3 is 2.46 bits per heavy atom. The zero-order valence-electron chi connectivity index (χ0n) is 22.2. The van der Waals surface area contributed by atoms with Crippen LogP contribution in [0, 0.1) is 12.7 Å². The second-order valence-electron chi connectivity index (χ2n) is 10.2. The van der Waals surface area contributed by atoms with E-state index in [0.29, 0.717) is 16.7 Å². The molecule has 6 heteroatoms. The number of halogens is 1. The van der Waals surface area contributed by atoms with E-state index in [9.17, 15) is 14.0 Å². The quantitative estimate of drug-likeness (QED) is 0.298. The van der Waals surface area contributed by atoms with Crippen LogP contribution in [0.25, 0.3) is 11.1 Å². The Bertz CT molecular complexity index is 1530. The molecule has 0 saturated carbocycles. The minimum absolute atomic E-state index is 0.173. The third-order valence-electron chi connectivity index (χ3n) is 7.46. The van der Waals surface area contributed by atoms with Gasteiger partial charge in [-0.1, -0.05) is 48.5 Å². The number of hydrogen-bond acceptors (Lipinski definition) is 3. The number of nitrogens with zero attached hydrogens (tertiary/aromatic N) is 1. The maximum atomic E-state index is 14.0. The van der Waals surface area contributed by atoms with Crippen molar-refractivity contribution in [1.82, 2.24) is 5.32 Å². The van der Waals surface area contributed by atoms with Crippen LogP contribution in [0.5, 0.6) is 0 Å². The molecule has 1 aliphatic heterocycles. The van der Waals surface area contributed by atoms with E-state index >= 15 is 0 Å². The van der Waals surface area contributed by atoms with Gasteiger partial charge in [-0.15, -0.1) is 0 Å². The van der Waals surface area contributed by atoms with Gasteiger partial charge in [0, 0.05) is 29.9 Å².